The molecule has 0 saturated heterocycles. The van der Waals surface area contributed by atoms with Crippen LogP contribution in [0.25, 0.3) is 0 Å². The van der Waals surface area contributed by atoms with Crippen molar-refractivity contribution in [1.29, 1.82) is 0 Å². The Bertz CT molecular complexity index is 587. The second kappa shape index (κ2) is 5.67. The van der Waals surface area contributed by atoms with E-state index in [0.717, 1.165) is 0 Å². The summed E-state index contributed by atoms with van der Waals surface area (Å²) in [5.41, 5.74) is 0.810. The van der Waals surface area contributed by atoms with Gasteiger partial charge in [0, 0.05) is 5.56 Å². The van der Waals surface area contributed by atoms with Crippen LogP contribution >= 0.6 is 11.6 Å². The summed E-state index contributed by atoms with van der Waals surface area (Å²) in [6.07, 6.45) is 2.61. The van der Waals surface area contributed by atoms with Gasteiger partial charge in [-0.15, -0.1) is 0 Å². The van der Waals surface area contributed by atoms with Gasteiger partial charge < -0.3 is 10.4 Å². The number of rotatable bonds is 3. The van der Waals surface area contributed by atoms with Gasteiger partial charge in [0.15, 0.2) is 0 Å². The molecule has 6 heteroatoms. The first-order chi connectivity index (χ1) is 9.08. The topological polar surface area (TPSA) is 75.1 Å². The second-order valence-electron chi connectivity index (χ2n) is 3.98. The molecule has 0 unspecified atom stereocenters. The van der Waals surface area contributed by atoms with Crippen LogP contribution in [-0.4, -0.2) is 21.0 Å². The van der Waals surface area contributed by atoms with Crippen molar-refractivity contribution in [2.24, 2.45) is 0 Å². The largest absolute Gasteiger partial charge is 0.508 e. The van der Waals surface area contributed by atoms with Crippen molar-refractivity contribution < 1.29 is 9.90 Å². The number of benzene rings is 1. The van der Waals surface area contributed by atoms with Crippen LogP contribution in [-0.2, 0) is 0 Å². The predicted octanol–water partition coefficient (Wildman–Crippen LogP) is 2.33. The molecule has 1 atom stereocenters. The highest BCUT2D eigenvalue weighted by molar-refractivity contribution is 6.29. The number of amides is 1. The fourth-order valence-electron chi connectivity index (χ4n) is 1.63. The Morgan fingerprint density at radius 3 is 2.68 bits per heavy atom. The van der Waals surface area contributed by atoms with Crippen molar-refractivity contribution >= 4 is 17.5 Å². The van der Waals surface area contributed by atoms with Crippen LogP contribution in [0.15, 0.2) is 36.7 Å². The molecule has 1 aromatic carbocycles. The molecule has 19 heavy (non-hydrogen) atoms. The van der Waals surface area contributed by atoms with E-state index in [2.05, 4.69) is 15.3 Å². The minimum atomic E-state index is -0.375. The van der Waals surface area contributed by atoms with Crippen LogP contribution < -0.4 is 5.32 Å². The van der Waals surface area contributed by atoms with Crippen LogP contribution in [0.3, 0.4) is 0 Å². The summed E-state index contributed by atoms with van der Waals surface area (Å²) in [6, 6.07) is 6.48. The maximum atomic E-state index is 11.9. The van der Waals surface area contributed by atoms with E-state index < -0.39 is 0 Å². The number of carbonyl (C=O) groups is 1. The number of aromatic hydroxyl groups is 1. The molecule has 0 fully saturated rings. The third-order valence-electron chi connectivity index (χ3n) is 2.60. The highest BCUT2D eigenvalue weighted by atomic mass is 35.5. The molecule has 1 heterocycles. The molecular formula is C13H12ClN3O2. The number of phenols is 1. The van der Waals surface area contributed by atoms with Gasteiger partial charge in [-0.2, -0.15) is 0 Å². The van der Waals surface area contributed by atoms with E-state index in [1.54, 1.807) is 31.2 Å². The van der Waals surface area contributed by atoms with Gasteiger partial charge in [-0.3, -0.25) is 4.79 Å². The summed E-state index contributed by atoms with van der Waals surface area (Å²) in [5.74, 6) is -0.239. The first-order valence-electron chi connectivity index (χ1n) is 5.64. The summed E-state index contributed by atoms with van der Waals surface area (Å²) in [6.45, 7) is 1.77. The number of hydrogen-bond donors (Lipinski definition) is 2. The Morgan fingerprint density at radius 2 is 2.05 bits per heavy atom. The molecule has 0 bridgehead atoms. The van der Waals surface area contributed by atoms with Gasteiger partial charge in [0.05, 0.1) is 18.4 Å². The van der Waals surface area contributed by atoms with Crippen molar-refractivity contribution in [3.63, 3.8) is 0 Å². The van der Waals surface area contributed by atoms with Gasteiger partial charge >= 0.3 is 0 Å². The maximum absolute atomic E-state index is 11.9. The van der Waals surface area contributed by atoms with E-state index in [0.29, 0.717) is 5.56 Å². The molecule has 98 valence electrons. The van der Waals surface area contributed by atoms with Crippen LogP contribution in [0.4, 0.5) is 0 Å². The van der Waals surface area contributed by atoms with Crippen molar-refractivity contribution in [2.75, 3.05) is 0 Å². The van der Waals surface area contributed by atoms with Crippen LogP contribution in [0.5, 0.6) is 5.75 Å². The molecule has 1 aromatic heterocycles. The van der Waals surface area contributed by atoms with Crippen molar-refractivity contribution in [3.05, 3.63) is 53.1 Å². The lowest BCUT2D eigenvalue weighted by Crippen LogP contribution is -2.27. The van der Waals surface area contributed by atoms with Crippen molar-refractivity contribution in [3.8, 4) is 5.75 Å². The summed E-state index contributed by atoms with van der Waals surface area (Å²) >= 11 is 5.60. The van der Waals surface area contributed by atoms with Gasteiger partial charge in [-0.05, 0) is 13.0 Å². The average molecular weight is 278 g/mol. The molecule has 0 spiro atoms. The summed E-state index contributed by atoms with van der Waals surface area (Å²) in [4.78, 5) is 19.6. The summed E-state index contributed by atoms with van der Waals surface area (Å²) in [7, 11) is 0. The number of hydrogen-bond acceptors (Lipinski definition) is 4. The number of carbonyl (C=O) groups excluding carboxylic acids is 1. The number of nitrogens with one attached hydrogen (secondary N) is 1. The Balaban J connectivity index is 2.11. The first kappa shape index (κ1) is 13.3. The zero-order chi connectivity index (χ0) is 13.8. The van der Waals surface area contributed by atoms with Gasteiger partial charge in [0.25, 0.3) is 5.91 Å². The molecule has 0 aliphatic heterocycles. The molecule has 0 saturated carbocycles. The molecule has 0 aliphatic carbocycles. The molecule has 1 amide bonds. The van der Waals surface area contributed by atoms with Gasteiger partial charge in [-0.25, -0.2) is 9.97 Å². The lowest BCUT2D eigenvalue weighted by molar-refractivity contribution is 0.0934. The lowest BCUT2D eigenvalue weighted by atomic mass is 10.1. The molecule has 2 N–H and O–H groups in total. The van der Waals surface area contributed by atoms with Crippen LogP contribution in [0.1, 0.15) is 29.0 Å². The fourth-order valence-corrected chi connectivity index (χ4v) is 1.73. The van der Waals surface area contributed by atoms with E-state index in [4.69, 9.17) is 11.6 Å². The third-order valence-corrected chi connectivity index (χ3v) is 2.80. The lowest BCUT2D eigenvalue weighted by Gasteiger charge is -2.15. The number of aromatic nitrogens is 2. The maximum Gasteiger partial charge on any atom is 0.271 e. The average Bonchev–Trinajstić information content (AvgIpc) is 2.39. The van der Waals surface area contributed by atoms with Gasteiger partial charge in [0.1, 0.15) is 16.6 Å². The minimum Gasteiger partial charge on any atom is -0.508 e. The van der Waals surface area contributed by atoms with Crippen molar-refractivity contribution in [1.82, 2.24) is 15.3 Å². The monoisotopic (exact) mass is 277 g/mol. The third kappa shape index (κ3) is 3.20. The smallest absolute Gasteiger partial charge is 0.271 e. The molecule has 2 aromatic rings. The number of para-hydroxylation sites is 1. The Morgan fingerprint density at radius 1 is 1.32 bits per heavy atom. The van der Waals surface area contributed by atoms with Crippen molar-refractivity contribution in [2.45, 2.75) is 13.0 Å². The Labute approximate surface area is 115 Å². The number of phenolic OH excluding ortho intramolecular Hbond substituents is 1. The van der Waals surface area contributed by atoms with E-state index in [1.807, 2.05) is 0 Å². The molecule has 2 rings (SSSR count). The zero-order valence-electron chi connectivity index (χ0n) is 10.2. The van der Waals surface area contributed by atoms with Gasteiger partial charge in [-0.1, -0.05) is 29.8 Å². The summed E-state index contributed by atoms with van der Waals surface area (Å²) < 4.78 is 0. The first-order valence-corrected chi connectivity index (χ1v) is 6.02. The molecule has 0 radical (unpaired) electrons. The Hall–Kier alpha value is -2.14. The normalized spacial score (nSPS) is 11.9. The van der Waals surface area contributed by atoms with E-state index >= 15 is 0 Å². The van der Waals surface area contributed by atoms with Gasteiger partial charge in [0.2, 0.25) is 0 Å². The quantitative estimate of drug-likeness (QED) is 0.903. The summed E-state index contributed by atoms with van der Waals surface area (Å²) in [5, 5.41) is 12.7. The second-order valence-corrected chi connectivity index (χ2v) is 4.37. The molecular weight excluding hydrogens is 266 g/mol. The van der Waals surface area contributed by atoms with Crippen LogP contribution in [0.2, 0.25) is 5.15 Å². The van der Waals surface area contributed by atoms with E-state index in [9.17, 15) is 9.90 Å². The predicted molar refractivity (Wildman–Crippen MR) is 71.0 cm³/mol. The highest BCUT2D eigenvalue weighted by Crippen LogP contribution is 2.23. The molecule has 5 nitrogen and oxygen atoms in total. The zero-order valence-corrected chi connectivity index (χ0v) is 10.9. The number of nitrogens with zero attached hydrogens (tertiary/aromatic N) is 2. The Kier molecular flexibility index (Phi) is 3.97. The highest BCUT2D eigenvalue weighted by Gasteiger charge is 2.15. The van der Waals surface area contributed by atoms with E-state index in [1.165, 1.54) is 12.4 Å². The minimum absolute atomic E-state index is 0.137. The molecule has 0 aliphatic rings. The van der Waals surface area contributed by atoms with E-state index in [-0.39, 0.29) is 28.5 Å². The van der Waals surface area contributed by atoms with Crippen LogP contribution in [0, 0.1) is 0 Å². The SMILES string of the molecule is C[C@@H](NC(=O)c1cnc(Cl)cn1)c1ccccc1O. The standard InChI is InChI=1S/C13H12ClN3O2/c1-8(9-4-2-3-5-11(9)18)17-13(19)10-6-16-12(14)7-15-10/h2-8,18H,1H3,(H,17,19)/t8-/m1/s1. The fraction of sp³-hybridized carbons (Fsp3) is 0.154. The number of halogens is 1.